The number of carbonyl (C=O) groups excluding carboxylic acids is 1. The van der Waals surface area contributed by atoms with Crippen LogP contribution in [0.5, 0.6) is 5.75 Å². The van der Waals surface area contributed by atoms with Crippen LogP contribution in [0.25, 0.3) is 22.6 Å². The standard InChI is InChI=1S/C26H34N6O6/c1-16-23(22-17(2)31-38-18(22)3)29-25(19-6-5-7-21(12-19)36-14-20(33)13-27-4)30-24(16)28-15-37-26(34)32-8-10-35-11-9-32/h5-7,12,20,27,33H,8-11,13-15H2,1-4H3,(H,28,29,30). The van der Waals surface area contributed by atoms with Gasteiger partial charge in [0.25, 0.3) is 0 Å². The number of hydrogen-bond donors (Lipinski definition) is 3. The van der Waals surface area contributed by atoms with Crippen LogP contribution in [-0.2, 0) is 9.47 Å². The molecule has 12 heteroatoms. The van der Waals surface area contributed by atoms with Crippen LogP contribution in [0.15, 0.2) is 28.8 Å². The monoisotopic (exact) mass is 526 g/mol. The molecule has 38 heavy (non-hydrogen) atoms. The molecule has 1 aliphatic heterocycles. The Labute approximate surface area is 221 Å². The van der Waals surface area contributed by atoms with E-state index < -0.39 is 12.2 Å². The predicted molar refractivity (Wildman–Crippen MR) is 140 cm³/mol. The lowest BCUT2D eigenvalue weighted by Crippen LogP contribution is -2.41. The smallest absolute Gasteiger partial charge is 0.411 e. The lowest BCUT2D eigenvalue weighted by molar-refractivity contribution is 0.0291. The fourth-order valence-corrected chi connectivity index (χ4v) is 4.10. The van der Waals surface area contributed by atoms with Crippen molar-refractivity contribution in [2.75, 3.05) is 58.6 Å². The van der Waals surface area contributed by atoms with Gasteiger partial charge in [-0.3, -0.25) is 0 Å². The van der Waals surface area contributed by atoms with Crippen LogP contribution < -0.4 is 15.4 Å². The number of amides is 1. The number of morpholine rings is 1. The van der Waals surface area contributed by atoms with Crippen molar-refractivity contribution < 1.29 is 28.6 Å². The first-order chi connectivity index (χ1) is 18.4. The van der Waals surface area contributed by atoms with Gasteiger partial charge in [-0.25, -0.2) is 14.8 Å². The Hall–Kier alpha value is -3.74. The van der Waals surface area contributed by atoms with E-state index in [-0.39, 0.29) is 13.3 Å². The van der Waals surface area contributed by atoms with Gasteiger partial charge in [0, 0.05) is 30.8 Å². The van der Waals surface area contributed by atoms with Crippen molar-refractivity contribution in [3.05, 3.63) is 41.3 Å². The second kappa shape index (κ2) is 12.7. The summed E-state index contributed by atoms with van der Waals surface area (Å²) in [4.78, 5) is 23.6. The number of benzene rings is 1. The Bertz CT molecular complexity index is 1220. The zero-order valence-electron chi connectivity index (χ0n) is 22.1. The Morgan fingerprint density at radius 1 is 1.21 bits per heavy atom. The summed E-state index contributed by atoms with van der Waals surface area (Å²) in [5, 5.41) is 20.1. The molecule has 0 aliphatic carbocycles. The van der Waals surface area contributed by atoms with E-state index in [9.17, 15) is 9.90 Å². The van der Waals surface area contributed by atoms with Gasteiger partial charge in [-0.2, -0.15) is 0 Å². The third-order valence-electron chi connectivity index (χ3n) is 6.09. The average molecular weight is 527 g/mol. The van der Waals surface area contributed by atoms with Crippen LogP contribution in [0.3, 0.4) is 0 Å². The fraction of sp³-hybridized carbons (Fsp3) is 0.462. The molecule has 1 atom stereocenters. The number of aromatic nitrogens is 3. The van der Waals surface area contributed by atoms with Crippen LogP contribution >= 0.6 is 0 Å². The van der Waals surface area contributed by atoms with Crippen LogP contribution in [0.2, 0.25) is 0 Å². The molecule has 12 nitrogen and oxygen atoms in total. The van der Waals surface area contributed by atoms with Gasteiger partial charge >= 0.3 is 6.09 Å². The van der Waals surface area contributed by atoms with Gasteiger partial charge in [0.2, 0.25) is 0 Å². The van der Waals surface area contributed by atoms with Crippen molar-refractivity contribution in [2.45, 2.75) is 26.9 Å². The summed E-state index contributed by atoms with van der Waals surface area (Å²) >= 11 is 0. The first-order valence-electron chi connectivity index (χ1n) is 12.5. The maximum absolute atomic E-state index is 12.4. The second-order valence-electron chi connectivity index (χ2n) is 8.95. The fourth-order valence-electron chi connectivity index (χ4n) is 4.10. The summed E-state index contributed by atoms with van der Waals surface area (Å²) in [5.74, 6) is 2.16. The zero-order chi connectivity index (χ0) is 27.1. The topological polar surface area (TPSA) is 144 Å². The summed E-state index contributed by atoms with van der Waals surface area (Å²) in [6, 6.07) is 7.34. The van der Waals surface area contributed by atoms with E-state index in [2.05, 4.69) is 15.8 Å². The number of carbonyl (C=O) groups is 1. The highest BCUT2D eigenvalue weighted by atomic mass is 16.6. The Morgan fingerprint density at radius 2 is 2.00 bits per heavy atom. The first-order valence-corrected chi connectivity index (χ1v) is 12.5. The minimum absolute atomic E-state index is 0.0684. The van der Waals surface area contributed by atoms with Crippen LogP contribution in [0.1, 0.15) is 17.0 Å². The molecular formula is C26H34N6O6. The molecule has 1 unspecified atom stereocenters. The van der Waals surface area contributed by atoms with Gasteiger partial charge < -0.3 is 39.4 Å². The number of anilines is 1. The number of nitrogens with one attached hydrogen (secondary N) is 2. The molecule has 1 aliphatic rings. The van der Waals surface area contributed by atoms with Crippen molar-refractivity contribution in [2.24, 2.45) is 0 Å². The summed E-state index contributed by atoms with van der Waals surface area (Å²) < 4.78 is 21.9. The van der Waals surface area contributed by atoms with Crippen molar-refractivity contribution in [1.82, 2.24) is 25.3 Å². The van der Waals surface area contributed by atoms with E-state index in [0.717, 1.165) is 11.1 Å². The van der Waals surface area contributed by atoms with Gasteiger partial charge in [-0.05, 0) is 40.0 Å². The van der Waals surface area contributed by atoms with Gasteiger partial charge in [0.1, 0.15) is 30.0 Å². The van der Waals surface area contributed by atoms with Crippen molar-refractivity contribution in [3.8, 4) is 28.4 Å². The second-order valence-corrected chi connectivity index (χ2v) is 8.95. The summed E-state index contributed by atoms with van der Waals surface area (Å²) in [6.07, 6.45) is -1.05. The van der Waals surface area contributed by atoms with Gasteiger partial charge in [0.15, 0.2) is 12.6 Å². The van der Waals surface area contributed by atoms with Crippen LogP contribution in [-0.4, -0.2) is 90.6 Å². The Balaban J connectivity index is 1.60. The third kappa shape index (κ3) is 6.57. The van der Waals surface area contributed by atoms with Crippen LogP contribution in [0, 0.1) is 20.8 Å². The van der Waals surface area contributed by atoms with E-state index >= 15 is 0 Å². The number of nitrogens with zero attached hydrogens (tertiary/aromatic N) is 4. The minimum Gasteiger partial charge on any atom is -0.491 e. The van der Waals surface area contributed by atoms with E-state index in [4.69, 9.17) is 28.7 Å². The van der Waals surface area contributed by atoms with E-state index in [1.807, 2.05) is 45.0 Å². The Morgan fingerprint density at radius 3 is 2.71 bits per heavy atom. The van der Waals surface area contributed by atoms with E-state index in [1.54, 1.807) is 11.9 Å². The maximum atomic E-state index is 12.4. The van der Waals surface area contributed by atoms with Crippen molar-refractivity contribution in [1.29, 1.82) is 0 Å². The molecule has 1 fully saturated rings. The molecule has 4 rings (SSSR count). The van der Waals surface area contributed by atoms with Crippen molar-refractivity contribution in [3.63, 3.8) is 0 Å². The molecule has 3 aromatic rings. The summed E-state index contributed by atoms with van der Waals surface area (Å²) in [5.41, 5.74) is 3.61. The molecule has 3 heterocycles. The molecule has 0 radical (unpaired) electrons. The van der Waals surface area contributed by atoms with Crippen LogP contribution in [0.4, 0.5) is 10.6 Å². The lowest BCUT2D eigenvalue weighted by Gasteiger charge is -2.26. The number of aliphatic hydroxyl groups is 1. The highest BCUT2D eigenvalue weighted by molar-refractivity contribution is 5.74. The summed E-state index contributed by atoms with van der Waals surface area (Å²) in [7, 11) is 1.77. The summed E-state index contributed by atoms with van der Waals surface area (Å²) in [6.45, 7) is 8.06. The van der Waals surface area contributed by atoms with Gasteiger partial charge in [0.05, 0.1) is 30.2 Å². The SMILES string of the molecule is CNCC(O)COc1cccc(-c2nc(NCOC(=O)N3CCOCC3)c(C)c(-c3c(C)noc3C)n2)c1. The molecule has 3 N–H and O–H groups in total. The molecule has 1 saturated heterocycles. The number of rotatable bonds is 10. The van der Waals surface area contributed by atoms with Crippen molar-refractivity contribution >= 4 is 11.9 Å². The lowest BCUT2D eigenvalue weighted by atomic mass is 10.0. The third-order valence-corrected chi connectivity index (χ3v) is 6.09. The zero-order valence-corrected chi connectivity index (χ0v) is 22.1. The molecule has 0 bridgehead atoms. The first kappa shape index (κ1) is 27.3. The molecule has 1 amide bonds. The van der Waals surface area contributed by atoms with Gasteiger partial charge in [-0.1, -0.05) is 17.3 Å². The van der Waals surface area contributed by atoms with E-state index in [1.165, 1.54) is 0 Å². The Kier molecular flexibility index (Phi) is 9.10. The molecule has 1 aromatic carbocycles. The minimum atomic E-state index is -0.638. The predicted octanol–water partition coefficient (Wildman–Crippen LogP) is 2.52. The average Bonchev–Trinajstić information content (AvgIpc) is 3.26. The largest absolute Gasteiger partial charge is 0.491 e. The number of aryl methyl sites for hydroxylation is 2. The molecule has 0 saturated carbocycles. The molecular weight excluding hydrogens is 492 g/mol. The number of aliphatic hydroxyl groups excluding tert-OH is 1. The number of hydrogen-bond acceptors (Lipinski definition) is 11. The van der Waals surface area contributed by atoms with E-state index in [0.29, 0.717) is 73.0 Å². The molecule has 2 aromatic heterocycles. The molecule has 204 valence electrons. The highest BCUT2D eigenvalue weighted by Gasteiger charge is 2.22. The quantitative estimate of drug-likeness (QED) is 0.335. The number of likely N-dealkylation sites (N-methyl/N-ethyl adjacent to an activating group) is 1. The maximum Gasteiger partial charge on any atom is 0.411 e. The van der Waals surface area contributed by atoms with Gasteiger partial charge in [-0.15, -0.1) is 0 Å². The normalized spacial score (nSPS) is 14.3. The number of ether oxygens (including phenoxy) is 3. The highest BCUT2D eigenvalue weighted by Crippen LogP contribution is 2.33. The molecule has 0 spiro atoms.